The van der Waals surface area contributed by atoms with Crippen molar-refractivity contribution >= 4 is 29.0 Å². The first kappa shape index (κ1) is 14.9. The van der Waals surface area contributed by atoms with E-state index in [1.165, 1.54) is 0 Å². The van der Waals surface area contributed by atoms with E-state index < -0.39 is 0 Å². The van der Waals surface area contributed by atoms with Crippen molar-refractivity contribution in [2.24, 2.45) is 10.9 Å². The molecule has 0 aromatic heterocycles. The van der Waals surface area contributed by atoms with Gasteiger partial charge in [0.15, 0.2) is 5.84 Å². The Bertz CT molecular complexity index is 714. The number of rotatable bonds is 3. The Morgan fingerprint density at radius 3 is 2.62 bits per heavy atom. The lowest BCUT2D eigenvalue weighted by molar-refractivity contribution is 0.102. The van der Waals surface area contributed by atoms with E-state index in [1.54, 1.807) is 42.5 Å². The summed E-state index contributed by atoms with van der Waals surface area (Å²) in [5.41, 5.74) is 7.77. The predicted octanol–water partition coefficient (Wildman–Crippen LogP) is 3.00. The van der Waals surface area contributed by atoms with Crippen LogP contribution in [-0.2, 0) is 0 Å². The van der Waals surface area contributed by atoms with Crippen molar-refractivity contribution in [3.05, 3.63) is 64.2 Å². The van der Waals surface area contributed by atoms with E-state index in [0.29, 0.717) is 21.8 Å². The van der Waals surface area contributed by atoms with Crippen LogP contribution in [-0.4, -0.2) is 17.0 Å². The van der Waals surface area contributed by atoms with Gasteiger partial charge in [0, 0.05) is 5.56 Å². The van der Waals surface area contributed by atoms with Crippen LogP contribution in [0.1, 0.15) is 21.5 Å². The number of nitrogens with zero attached hydrogens (tertiary/aromatic N) is 1. The molecule has 6 heteroatoms. The molecule has 0 atom stereocenters. The number of amidine groups is 1. The average Bonchev–Trinajstić information content (AvgIpc) is 2.46. The molecule has 0 fully saturated rings. The zero-order chi connectivity index (χ0) is 15.4. The van der Waals surface area contributed by atoms with Crippen LogP contribution < -0.4 is 11.1 Å². The number of nitrogens with one attached hydrogen (secondary N) is 1. The summed E-state index contributed by atoms with van der Waals surface area (Å²) in [4.78, 5) is 12.3. The first-order chi connectivity index (χ1) is 10.0. The van der Waals surface area contributed by atoms with E-state index in [1.807, 2.05) is 6.92 Å². The van der Waals surface area contributed by atoms with Crippen LogP contribution in [0.5, 0.6) is 0 Å². The van der Waals surface area contributed by atoms with Gasteiger partial charge in [0.1, 0.15) is 0 Å². The van der Waals surface area contributed by atoms with Crippen LogP contribution in [0.4, 0.5) is 5.69 Å². The molecular formula is C15H14ClN3O2. The Labute approximate surface area is 127 Å². The Kier molecular flexibility index (Phi) is 4.45. The van der Waals surface area contributed by atoms with Crippen LogP contribution >= 0.6 is 11.6 Å². The molecular weight excluding hydrogens is 290 g/mol. The second-order valence-electron chi connectivity index (χ2n) is 4.47. The number of nitrogens with two attached hydrogens (primary N) is 1. The van der Waals surface area contributed by atoms with Gasteiger partial charge in [-0.15, -0.1) is 0 Å². The van der Waals surface area contributed by atoms with Gasteiger partial charge in [0.05, 0.1) is 16.3 Å². The van der Waals surface area contributed by atoms with Crippen LogP contribution in [0.2, 0.25) is 5.02 Å². The molecule has 2 aromatic carbocycles. The molecule has 2 aromatic rings. The maximum Gasteiger partial charge on any atom is 0.257 e. The van der Waals surface area contributed by atoms with E-state index in [-0.39, 0.29) is 11.7 Å². The molecule has 21 heavy (non-hydrogen) atoms. The number of hydrogen-bond acceptors (Lipinski definition) is 3. The number of carbonyl (C=O) groups is 1. The zero-order valence-electron chi connectivity index (χ0n) is 11.3. The summed E-state index contributed by atoms with van der Waals surface area (Å²) >= 11 is 6.07. The minimum absolute atomic E-state index is 0.0825. The normalized spacial score (nSPS) is 11.2. The smallest absolute Gasteiger partial charge is 0.257 e. The fraction of sp³-hybridized carbons (Fsp3) is 0.0667. The standard InChI is InChI=1S/C15H14ClN3O2/c1-9-6-7-10(12(16)8-9)15(20)18-13-5-3-2-4-11(13)14(17)19-21/h2-8,21H,1H3,(H2,17,19)(H,18,20). The van der Waals surface area contributed by atoms with Crippen molar-refractivity contribution in [2.75, 3.05) is 5.32 Å². The van der Waals surface area contributed by atoms with Crippen LogP contribution in [0.3, 0.4) is 0 Å². The van der Waals surface area contributed by atoms with Gasteiger partial charge < -0.3 is 16.3 Å². The Hall–Kier alpha value is -2.53. The topological polar surface area (TPSA) is 87.7 Å². The van der Waals surface area contributed by atoms with E-state index in [9.17, 15) is 4.79 Å². The maximum absolute atomic E-state index is 12.3. The number of halogens is 1. The lowest BCUT2D eigenvalue weighted by Gasteiger charge is -2.11. The number of benzene rings is 2. The van der Waals surface area contributed by atoms with Gasteiger partial charge in [-0.1, -0.05) is 35.0 Å². The first-order valence-electron chi connectivity index (χ1n) is 6.17. The number of carbonyl (C=O) groups excluding carboxylic acids is 1. The number of para-hydroxylation sites is 1. The number of aryl methyl sites for hydroxylation is 1. The second kappa shape index (κ2) is 6.28. The van der Waals surface area contributed by atoms with Crippen LogP contribution in [0, 0.1) is 6.92 Å². The van der Waals surface area contributed by atoms with Gasteiger partial charge in [-0.3, -0.25) is 4.79 Å². The minimum Gasteiger partial charge on any atom is -0.409 e. The van der Waals surface area contributed by atoms with Crippen molar-refractivity contribution < 1.29 is 10.0 Å². The van der Waals surface area contributed by atoms with Gasteiger partial charge in [-0.05, 0) is 36.8 Å². The molecule has 5 nitrogen and oxygen atoms in total. The van der Waals surface area contributed by atoms with Gasteiger partial charge in [0.2, 0.25) is 0 Å². The molecule has 0 aliphatic heterocycles. The quantitative estimate of drug-likeness (QED) is 0.352. The highest BCUT2D eigenvalue weighted by Gasteiger charge is 2.13. The van der Waals surface area contributed by atoms with Crippen LogP contribution in [0.15, 0.2) is 47.6 Å². The van der Waals surface area contributed by atoms with Crippen molar-refractivity contribution in [3.8, 4) is 0 Å². The lowest BCUT2D eigenvalue weighted by Crippen LogP contribution is -2.19. The Balaban J connectivity index is 2.32. The largest absolute Gasteiger partial charge is 0.409 e. The number of hydrogen-bond donors (Lipinski definition) is 3. The van der Waals surface area contributed by atoms with Crippen molar-refractivity contribution in [1.29, 1.82) is 0 Å². The van der Waals surface area contributed by atoms with Crippen molar-refractivity contribution in [2.45, 2.75) is 6.92 Å². The minimum atomic E-state index is -0.363. The SMILES string of the molecule is Cc1ccc(C(=O)Nc2ccccc2/C(N)=N/O)c(Cl)c1. The van der Waals surface area contributed by atoms with Gasteiger partial charge in [-0.2, -0.15) is 0 Å². The third-order valence-corrected chi connectivity index (χ3v) is 3.24. The average molecular weight is 304 g/mol. The molecule has 0 bridgehead atoms. The molecule has 4 N–H and O–H groups in total. The van der Waals surface area contributed by atoms with Gasteiger partial charge in [-0.25, -0.2) is 0 Å². The lowest BCUT2D eigenvalue weighted by atomic mass is 10.1. The third kappa shape index (κ3) is 3.32. The molecule has 1 amide bonds. The monoisotopic (exact) mass is 303 g/mol. The molecule has 0 aliphatic carbocycles. The third-order valence-electron chi connectivity index (χ3n) is 2.93. The number of anilines is 1. The first-order valence-corrected chi connectivity index (χ1v) is 6.55. The molecule has 0 unspecified atom stereocenters. The molecule has 0 spiro atoms. The second-order valence-corrected chi connectivity index (χ2v) is 4.88. The molecule has 108 valence electrons. The van der Waals surface area contributed by atoms with Gasteiger partial charge >= 0.3 is 0 Å². The van der Waals surface area contributed by atoms with Gasteiger partial charge in [0.25, 0.3) is 5.91 Å². The molecule has 2 rings (SSSR count). The summed E-state index contributed by atoms with van der Waals surface area (Å²) in [5.74, 6) is -0.445. The fourth-order valence-corrected chi connectivity index (χ4v) is 2.18. The Morgan fingerprint density at radius 2 is 1.95 bits per heavy atom. The molecule has 0 aliphatic rings. The highest BCUT2D eigenvalue weighted by atomic mass is 35.5. The zero-order valence-corrected chi connectivity index (χ0v) is 12.1. The Morgan fingerprint density at radius 1 is 1.24 bits per heavy atom. The fourth-order valence-electron chi connectivity index (χ4n) is 1.86. The number of oxime groups is 1. The van der Waals surface area contributed by atoms with E-state index in [0.717, 1.165) is 5.56 Å². The van der Waals surface area contributed by atoms with E-state index in [2.05, 4.69) is 10.5 Å². The summed E-state index contributed by atoms with van der Waals surface area (Å²) in [5, 5.41) is 14.8. The molecule has 0 heterocycles. The predicted molar refractivity (Wildman–Crippen MR) is 83.1 cm³/mol. The number of amides is 1. The van der Waals surface area contributed by atoms with E-state index >= 15 is 0 Å². The van der Waals surface area contributed by atoms with Crippen molar-refractivity contribution in [1.82, 2.24) is 0 Å². The summed E-state index contributed by atoms with van der Waals surface area (Å²) < 4.78 is 0. The van der Waals surface area contributed by atoms with E-state index in [4.69, 9.17) is 22.5 Å². The highest BCUT2D eigenvalue weighted by molar-refractivity contribution is 6.34. The molecule has 0 saturated carbocycles. The molecule has 0 saturated heterocycles. The maximum atomic E-state index is 12.3. The summed E-state index contributed by atoms with van der Waals surface area (Å²) in [6.45, 7) is 1.89. The van der Waals surface area contributed by atoms with Crippen LogP contribution in [0.25, 0.3) is 0 Å². The summed E-state index contributed by atoms with van der Waals surface area (Å²) in [7, 11) is 0. The highest BCUT2D eigenvalue weighted by Crippen LogP contribution is 2.21. The summed E-state index contributed by atoms with van der Waals surface area (Å²) in [6.07, 6.45) is 0. The molecule has 0 radical (unpaired) electrons. The summed E-state index contributed by atoms with van der Waals surface area (Å²) in [6, 6.07) is 11.9. The van der Waals surface area contributed by atoms with Crippen molar-refractivity contribution in [3.63, 3.8) is 0 Å².